The van der Waals surface area contributed by atoms with Crippen LogP contribution >= 0.6 is 0 Å². The first-order valence-electron chi connectivity index (χ1n) is 7.22. The van der Waals surface area contributed by atoms with Crippen LogP contribution in [0.5, 0.6) is 5.75 Å². The minimum Gasteiger partial charge on any atom is -0.491 e. The van der Waals surface area contributed by atoms with Crippen molar-refractivity contribution in [1.29, 1.82) is 0 Å². The molecule has 0 unspecified atom stereocenters. The number of hydrogen-bond acceptors (Lipinski definition) is 2. The Balaban J connectivity index is 2.93. The molecule has 0 bridgehead atoms. The average Bonchev–Trinajstić information content (AvgIpc) is 2.28. The van der Waals surface area contributed by atoms with E-state index in [0.29, 0.717) is 6.42 Å². The maximum atomic E-state index is 10.6. The molecule has 0 aromatic heterocycles. The van der Waals surface area contributed by atoms with Crippen molar-refractivity contribution >= 4 is 5.97 Å². The van der Waals surface area contributed by atoms with Gasteiger partial charge in [-0.3, -0.25) is 4.79 Å². The Hall–Kier alpha value is -1.51. The van der Waals surface area contributed by atoms with Crippen LogP contribution in [-0.2, 0) is 16.6 Å². The van der Waals surface area contributed by atoms with Crippen molar-refractivity contribution in [2.24, 2.45) is 0 Å². The molecule has 0 radical (unpaired) electrons. The fourth-order valence-electron chi connectivity index (χ4n) is 2.12. The first kappa shape index (κ1) is 16.5. The Bertz CT molecular complexity index is 456. The summed E-state index contributed by atoms with van der Waals surface area (Å²) in [6.07, 6.45) is 1.82. The molecule has 0 spiro atoms. The molecule has 0 amide bonds. The van der Waals surface area contributed by atoms with Gasteiger partial charge in [-0.05, 0) is 49.3 Å². The second-order valence-corrected chi connectivity index (χ2v) is 6.49. The predicted molar refractivity (Wildman–Crippen MR) is 81.5 cm³/mol. The molecule has 112 valence electrons. The summed E-state index contributed by atoms with van der Waals surface area (Å²) in [5.74, 6) is 0.190. The van der Waals surface area contributed by atoms with Crippen LogP contribution < -0.4 is 4.74 Å². The van der Waals surface area contributed by atoms with Gasteiger partial charge in [-0.15, -0.1) is 0 Å². The molecule has 0 fully saturated rings. The lowest BCUT2D eigenvalue weighted by Gasteiger charge is -2.25. The van der Waals surface area contributed by atoms with E-state index in [1.54, 1.807) is 0 Å². The maximum Gasteiger partial charge on any atom is 0.303 e. The van der Waals surface area contributed by atoms with Crippen molar-refractivity contribution < 1.29 is 14.6 Å². The summed E-state index contributed by atoms with van der Waals surface area (Å²) in [6, 6.07) is 6.20. The van der Waals surface area contributed by atoms with Gasteiger partial charge in [0.15, 0.2) is 0 Å². The van der Waals surface area contributed by atoms with Crippen molar-refractivity contribution in [2.75, 3.05) is 0 Å². The van der Waals surface area contributed by atoms with Gasteiger partial charge in [-0.25, -0.2) is 0 Å². The second-order valence-electron chi connectivity index (χ2n) is 6.49. The maximum absolute atomic E-state index is 10.6. The molecule has 20 heavy (non-hydrogen) atoms. The van der Waals surface area contributed by atoms with E-state index < -0.39 is 5.97 Å². The van der Waals surface area contributed by atoms with Gasteiger partial charge < -0.3 is 9.84 Å². The summed E-state index contributed by atoms with van der Waals surface area (Å²) >= 11 is 0. The molecule has 0 heterocycles. The Kier molecular flexibility index (Phi) is 5.61. The van der Waals surface area contributed by atoms with E-state index >= 15 is 0 Å². The Labute approximate surface area is 122 Å². The zero-order valence-electron chi connectivity index (χ0n) is 13.2. The number of ether oxygens (including phenoxy) is 1. The molecule has 1 aromatic rings. The molecule has 0 aliphatic carbocycles. The molecule has 0 atom stereocenters. The summed E-state index contributed by atoms with van der Waals surface area (Å²) in [7, 11) is 0. The van der Waals surface area contributed by atoms with E-state index in [0.717, 1.165) is 12.2 Å². The minimum atomic E-state index is -0.735. The third-order valence-corrected chi connectivity index (χ3v) is 3.07. The van der Waals surface area contributed by atoms with Crippen molar-refractivity contribution in [1.82, 2.24) is 0 Å². The molecule has 0 saturated carbocycles. The molecule has 0 aliphatic heterocycles. The summed E-state index contributed by atoms with van der Waals surface area (Å²) in [4.78, 5) is 10.6. The molecule has 1 N–H and O–H groups in total. The lowest BCUT2D eigenvalue weighted by Crippen LogP contribution is -2.16. The number of carboxylic acids is 1. The first-order valence-corrected chi connectivity index (χ1v) is 7.22. The summed E-state index contributed by atoms with van der Waals surface area (Å²) < 4.78 is 5.88. The highest BCUT2D eigenvalue weighted by atomic mass is 16.5. The van der Waals surface area contributed by atoms with Crippen LogP contribution in [0.2, 0.25) is 0 Å². The zero-order chi connectivity index (χ0) is 15.3. The monoisotopic (exact) mass is 278 g/mol. The molecule has 0 saturated heterocycles. The highest BCUT2D eigenvalue weighted by Crippen LogP contribution is 2.33. The van der Waals surface area contributed by atoms with Crippen LogP contribution in [0.1, 0.15) is 58.6 Å². The van der Waals surface area contributed by atoms with Crippen LogP contribution in [0.4, 0.5) is 0 Å². The van der Waals surface area contributed by atoms with Gasteiger partial charge in [0.05, 0.1) is 6.10 Å². The fourth-order valence-corrected chi connectivity index (χ4v) is 2.12. The van der Waals surface area contributed by atoms with Crippen LogP contribution in [0, 0.1) is 0 Å². The Morgan fingerprint density at radius 1 is 1.30 bits per heavy atom. The SMILES string of the molecule is CC(C)Oc1ccc(CCCC(=O)O)cc1C(C)(C)C. The number of hydrogen-bond donors (Lipinski definition) is 1. The standard InChI is InChI=1S/C17H26O3/c1-12(2)20-15-10-9-13(7-6-8-16(18)19)11-14(15)17(3,4)5/h9-12H,6-8H2,1-5H3,(H,18,19). The lowest BCUT2D eigenvalue weighted by atomic mass is 9.85. The van der Waals surface area contributed by atoms with Crippen LogP contribution in [0.25, 0.3) is 0 Å². The van der Waals surface area contributed by atoms with E-state index in [4.69, 9.17) is 9.84 Å². The van der Waals surface area contributed by atoms with E-state index in [-0.39, 0.29) is 17.9 Å². The van der Waals surface area contributed by atoms with Gasteiger partial charge in [0.2, 0.25) is 0 Å². The largest absolute Gasteiger partial charge is 0.491 e. The highest BCUT2D eigenvalue weighted by molar-refractivity contribution is 5.66. The quantitative estimate of drug-likeness (QED) is 0.849. The van der Waals surface area contributed by atoms with Gasteiger partial charge in [-0.2, -0.15) is 0 Å². The van der Waals surface area contributed by atoms with Crippen LogP contribution in [0.15, 0.2) is 18.2 Å². The predicted octanol–water partition coefficient (Wildman–Crippen LogP) is 4.18. The fraction of sp³-hybridized carbons (Fsp3) is 0.588. The van der Waals surface area contributed by atoms with Crippen molar-refractivity contribution in [3.05, 3.63) is 29.3 Å². The Morgan fingerprint density at radius 2 is 1.95 bits per heavy atom. The summed E-state index contributed by atoms with van der Waals surface area (Å²) in [6.45, 7) is 10.5. The van der Waals surface area contributed by atoms with Crippen molar-refractivity contribution in [3.63, 3.8) is 0 Å². The van der Waals surface area contributed by atoms with E-state index in [1.807, 2.05) is 26.0 Å². The summed E-state index contributed by atoms with van der Waals surface area (Å²) in [5, 5.41) is 8.70. The highest BCUT2D eigenvalue weighted by Gasteiger charge is 2.20. The second kappa shape index (κ2) is 6.78. The number of aryl methyl sites for hydroxylation is 1. The van der Waals surface area contributed by atoms with E-state index in [2.05, 4.69) is 26.8 Å². The van der Waals surface area contributed by atoms with Gasteiger partial charge in [0, 0.05) is 6.42 Å². The van der Waals surface area contributed by atoms with Gasteiger partial charge in [0.25, 0.3) is 0 Å². The number of aliphatic carboxylic acids is 1. The van der Waals surface area contributed by atoms with Gasteiger partial charge in [-0.1, -0.05) is 32.9 Å². The van der Waals surface area contributed by atoms with Gasteiger partial charge in [0.1, 0.15) is 5.75 Å². The van der Waals surface area contributed by atoms with E-state index in [9.17, 15) is 4.79 Å². The van der Waals surface area contributed by atoms with Crippen molar-refractivity contribution in [3.8, 4) is 5.75 Å². The third-order valence-electron chi connectivity index (χ3n) is 3.07. The molecule has 0 aliphatic rings. The molecular weight excluding hydrogens is 252 g/mol. The molecular formula is C17H26O3. The summed E-state index contributed by atoms with van der Waals surface area (Å²) in [5.41, 5.74) is 2.36. The van der Waals surface area contributed by atoms with E-state index in [1.165, 1.54) is 11.1 Å². The number of benzene rings is 1. The normalized spacial score (nSPS) is 11.7. The average molecular weight is 278 g/mol. The minimum absolute atomic E-state index is 0.00698. The number of carboxylic acid groups (broad SMARTS) is 1. The van der Waals surface area contributed by atoms with Crippen LogP contribution in [0.3, 0.4) is 0 Å². The first-order chi connectivity index (χ1) is 9.20. The lowest BCUT2D eigenvalue weighted by molar-refractivity contribution is -0.137. The molecule has 1 aromatic carbocycles. The number of carbonyl (C=O) groups is 1. The van der Waals surface area contributed by atoms with Crippen molar-refractivity contribution in [2.45, 2.75) is 65.4 Å². The molecule has 1 rings (SSSR count). The molecule has 3 nitrogen and oxygen atoms in total. The Morgan fingerprint density at radius 3 is 2.45 bits per heavy atom. The third kappa shape index (κ3) is 5.24. The molecule has 3 heteroatoms. The number of rotatable bonds is 6. The zero-order valence-corrected chi connectivity index (χ0v) is 13.2. The van der Waals surface area contributed by atoms with Gasteiger partial charge >= 0.3 is 5.97 Å². The topological polar surface area (TPSA) is 46.5 Å². The smallest absolute Gasteiger partial charge is 0.303 e. The van der Waals surface area contributed by atoms with Crippen LogP contribution in [-0.4, -0.2) is 17.2 Å².